The monoisotopic (exact) mass is 341 g/mol. The summed E-state index contributed by atoms with van der Waals surface area (Å²) in [5, 5.41) is 12.5. The van der Waals surface area contributed by atoms with Crippen molar-refractivity contribution < 1.29 is 19.0 Å². The summed E-state index contributed by atoms with van der Waals surface area (Å²) < 4.78 is 20.0. The Kier molecular flexibility index (Phi) is 3.86. The molecule has 0 aromatic heterocycles. The zero-order chi connectivity index (χ0) is 17.6. The van der Waals surface area contributed by atoms with Crippen molar-refractivity contribution >= 4 is 11.7 Å². The Morgan fingerprint density at radius 3 is 2.76 bits per heavy atom. The second kappa shape index (κ2) is 6.06. The van der Waals surface area contributed by atoms with Crippen LogP contribution >= 0.6 is 0 Å². The van der Waals surface area contributed by atoms with Gasteiger partial charge in [-0.25, -0.2) is 9.18 Å². The standard InChI is InChI=1S/C20H20FNO3/c1-25-12-6-8-18-16(10-12)13-3-2-4-14(13)19(22-18)15-7-5-11(20(23)24)9-17(15)21/h5-10,13-14,19,22H,2-4H2,1H3,(H,23,24)/t13-,14+,19-/m1/s1. The quantitative estimate of drug-likeness (QED) is 0.858. The molecule has 1 saturated carbocycles. The minimum atomic E-state index is -1.11. The number of halogens is 1. The molecule has 0 amide bonds. The van der Waals surface area contributed by atoms with Gasteiger partial charge in [-0.05, 0) is 60.6 Å². The van der Waals surface area contributed by atoms with Crippen LogP contribution in [0.15, 0.2) is 36.4 Å². The molecule has 130 valence electrons. The maximum absolute atomic E-state index is 14.6. The molecule has 2 N–H and O–H groups in total. The molecule has 4 nitrogen and oxygen atoms in total. The third kappa shape index (κ3) is 2.64. The van der Waals surface area contributed by atoms with Crippen LogP contribution in [0.2, 0.25) is 0 Å². The molecular weight excluding hydrogens is 321 g/mol. The zero-order valence-electron chi connectivity index (χ0n) is 14.0. The van der Waals surface area contributed by atoms with Crippen LogP contribution in [-0.4, -0.2) is 18.2 Å². The molecule has 25 heavy (non-hydrogen) atoms. The van der Waals surface area contributed by atoms with Gasteiger partial charge in [-0.2, -0.15) is 0 Å². The van der Waals surface area contributed by atoms with Gasteiger partial charge in [-0.15, -0.1) is 0 Å². The molecule has 0 spiro atoms. The van der Waals surface area contributed by atoms with Crippen LogP contribution in [0.4, 0.5) is 10.1 Å². The number of hydrogen-bond acceptors (Lipinski definition) is 3. The van der Waals surface area contributed by atoms with Gasteiger partial charge in [-0.1, -0.05) is 12.5 Å². The highest BCUT2D eigenvalue weighted by molar-refractivity contribution is 5.87. The van der Waals surface area contributed by atoms with Crippen molar-refractivity contribution in [3.63, 3.8) is 0 Å². The number of rotatable bonds is 3. The molecule has 0 saturated heterocycles. The molecule has 4 rings (SSSR count). The number of carboxylic acids is 1. The van der Waals surface area contributed by atoms with E-state index in [2.05, 4.69) is 11.4 Å². The molecule has 0 radical (unpaired) electrons. The Balaban J connectivity index is 1.75. The molecule has 0 bridgehead atoms. The third-order valence-electron chi connectivity index (χ3n) is 5.55. The van der Waals surface area contributed by atoms with E-state index >= 15 is 0 Å². The van der Waals surface area contributed by atoms with Gasteiger partial charge in [0.15, 0.2) is 0 Å². The summed E-state index contributed by atoms with van der Waals surface area (Å²) in [5.74, 6) is -0.0698. The van der Waals surface area contributed by atoms with E-state index in [1.807, 2.05) is 12.1 Å². The second-order valence-electron chi connectivity index (χ2n) is 6.82. The Morgan fingerprint density at radius 2 is 2.04 bits per heavy atom. The molecule has 3 atom stereocenters. The molecule has 1 aliphatic heterocycles. The average molecular weight is 341 g/mol. The Morgan fingerprint density at radius 1 is 1.20 bits per heavy atom. The Hall–Kier alpha value is -2.56. The highest BCUT2D eigenvalue weighted by atomic mass is 19.1. The molecular formula is C20H20FNO3. The summed E-state index contributed by atoms with van der Waals surface area (Å²) >= 11 is 0. The van der Waals surface area contributed by atoms with Crippen molar-refractivity contribution in [1.82, 2.24) is 0 Å². The maximum atomic E-state index is 14.6. The lowest BCUT2D eigenvalue weighted by Crippen LogP contribution is -2.29. The lowest BCUT2D eigenvalue weighted by atomic mass is 9.77. The van der Waals surface area contributed by atoms with E-state index in [0.29, 0.717) is 17.4 Å². The predicted octanol–water partition coefficient (Wildman–Crippen LogP) is 4.58. The molecule has 1 heterocycles. The van der Waals surface area contributed by atoms with Gasteiger partial charge < -0.3 is 15.2 Å². The van der Waals surface area contributed by atoms with Crippen molar-refractivity contribution in [1.29, 1.82) is 0 Å². The van der Waals surface area contributed by atoms with Crippen molar-refractivity contribution in [3.05, 3.63) is 58.9 Å². The fourth-order valence-electron chi connectivity index (χ4n) is 4.38. The Labute approximate surface area is 145 Å². The number of nitrogens with one attached hydrogen (secondary N) is 1. The number of carbonyl (C=O) groups is 1. The number of hydrogen-bond donors (Lipinski definition) is 2. The van der Waals surface area contributed by atoms with Crippen LogP contribution in [0.1, 0.15) is 52.7 Å². The number of benzene rings is 2. The number of carboxylic acid groups (broad SMARTS) is 1. The van der Waals surface area contributed by atoms with E-state index in [4.69, 9.17) is 9.84 Å². The summed E-state index contributed by atoms with van der Waals surface area (Å²) in [7, 11) is 1.66. The Bertz CT molecular complexity index is 836. The van der Waals surface area contributed by atoms with Crippen LogP contribution in [0.25, 0.3) is 0 Å². The number of anilines is 1. The van der Waals surface area contributed by atoms with Crippen LogP contribution in [0, 0.1) is 11.7 Å². The van der Waals surface area contributed by atoms with Crippen molar-refractivity contribution in [3.8, 4) is 5.75 Å². The van der Waals surface area contributed by atoms with Crippen molar-refractivity contribution in [2.45, 2.75) is 31.2 Å². The molecule has 5 heteroatoms. The van der Waals surface area contributed by atoms with Gasteiger partial charge in [0.25, 0.3) is 0 Å². The largest absolute Gasteiger partial charge is 0.497 e. The number of fused-ring (bicyclic) bond motifs is 3. The highest BCUT2D eigenvalue weighted by Crippen LogP contribution is 2.53. The van der Waals surface area contributed by atoms with E-state index in [9.17, 15) is 9.18 Å². The van der Waals surface area contributed by atoms with Gasteiger partial charge in [0.1, 0.15) is 11.6 Å². The summed E-state index contributed by atoms with van der Waals surface area (Å²) in [6.07, 6.45) is 3.22. The smallest absolute Gasteiger partial charge is 0.335 e. The molecule has 0 unspecified atom stereocenters. The third-order valence-corrected chi connectivity index (χ3v) is 5.55. The molecule has 2 aliphatic rings. The first kappa shape index (κ1) is 15.9. The van der Waals surface area contributed by atoms with Crippen molar-refractivity contribution in [2.75, 3.05) is 12.4 Å². The normalized spacial score (nSPS) is 24.2. The molecule has 2 aromatic rings. The van der Waals surface area contributed by atoms with Crippen LogP contribution in [0.3, 0.4) is 0 Å². The lowest BCUT2D eigenvalue weighted by molar-refractivity contribution is 0.0696. The number of methoxy groups -OCH3 is 1. The summed E-state index contributed by atoms with van der Waals surface area (Å²) in [6, 6.07) is 10.0. The van der Waals surface area contributed by atoms with Crippen LogP contribution < -0.4 is 10.1 Å². The first-order chi connectivity index (χ1) is 12.1. The summed E-state index contributed by atoms with van der Waals surface area (Å²) in [5.41, 5.74) is 2.77. The summed E-state index contributed by atoms with van der Waals surface area (Å²) in [4.78, 5) is 11.1. The maximum Gasteiger partial charge on any atom is 0.335 e. The first-order valence-corrected chi connectivity index (χ1v) is 8.55. The topological polar surface area (TPSA) is 58.6 Å². The predicted molar refractivity (Wildman–Crippen MR) is 92.8 cm³/mol. The zero-order valence-corrected chi connectivity index (χ0v) is 14.0. The van der Waals surface area contributed by atoms with Crippen molar-refractivity contribution in [2.24, 2.45) is 5.92 Å². The minimum Gasteiger partial charge on any atom is -0.497 e. The van der Waals surface area contributed by atoms with E-state index in [0.717, 1.165) is 36.8 Å². The fraction of sp³-hybridized carbons (Fsp3) is 0.350. The van der Waals surface area contributed by atoms with E-state index < -0.39 is 11.8 Å². The minimum absolute atomic E-state index is 0.0230. The lowest BCUT2D eigenvalue weighted by Gasteiger charge is -2.38. The van der Waals surface area contributed by atoms with E-state index in [1.54, 1.807) is 13.2 Å². The number of ether oxygens (including phenoxy) is 1. The van der Waals surface area contributed by atoms with Gasteiger partial charge in [0, 0.05) is 11.3 Å². The van der Waals surface area contributed by atoms with Gasteiger partial charge in [-0.3, -0.25) is 0 Å². The SMILES string of the molecule is COc1ccc2c(c1)[C@@H]1CCC[C@@H]1[C@H](c1ccc(C(=O)O)cc1F)N2. The second-order valence-corrected chi connectivity index (χ2v) is 6.82. The summed E-state index contributed by atoms with van der Waals surface area (Å²) in [6.45, 7) is 0. The van der Waals surface area contributed by atoms with Gasteiger partial charge in [0.05, 0.1) is 18.7 Å². The van der Waals surface area contributed by atoms with Gasteiger partial charge >= 0.3 is 5.97 Å². The van der Waals surface area contributed by atoms with E-state index in [1.165, 1.54) is 11.6 Å². The molecule has 1 fully saturated rings. The molecule has 2 aromatic carbocycles. The van der Waals surface area contributed by atoms with E-state index in [-0.39, 0.29) is 11.6 Å². The fourth-order valence-corrected chi connectivity index (χ4v) is 4.38. The molecule has 1 aliphatic carbocycles. The van der Waals surface area contributed by atoms with Crippen LogP contribution in [-0.2, 0) is 0 Å². The van der Waals surface area contributed by atoms with Crippen LogP contribution in [0.5, 0.6) is 5.75 Å². The highest BCUT2D eigenvalue weighted by Gasteiger charge is 2.41. The average Bonchev–Trinajstić information content (AvgIpc) is 3.10. The van der Waals surface area contributed by atoms with Gasteiger partial charge in [0.2, 0.25) is 0 Å². The first-order valence-electron chi connectivity index (χ1n) is 8.55. The number of aromatic carboxylic acids is 1.